The summed E-state index contributed by atoms with van der Waals surface area (Å²) in [4.78, 5) is 50.8. The van der Waals surface area contributed by atoms with Crippen molar-refractivity contribution in [3.05, 3.63) is 70.4 Å². The zero-order valence-electron chi connectivity index (χ0n) is 18.5. The van der Waals surface area contributed by atoms with Gasteiger partial charge in [-0.25, -0.2) is 14.5 Å². The highest BCUT2D eigenvalue weighted by Gasteiger charge is 2.39. The zero-order chi connectivity index (χ0) is 24.3. The minimum absolute atomic E-state index is 0.116. The molecule has 0 aliphatic carbocycles. The molecule has 1 aliphatic rings. The molecule has 1 aliphatic heterocycles. The van der Waals surface area contributed by atoms with Crippen LogP contribution in [0.5, 0.6) is 0 Å². The highest BCUT2D eigenvalue weighted by molar-refractivity contribution is 6.53. The number of ether oxygens (including phenoxy) is 2. The van der Waals surface area contributed by atoms with Gasteiger partial charge in [-0.15, -0.1) is 0 Å². The van der Waals surface area contributed by atoms with E-state index in [0.717, 1.165) is 4.90 Å². The maximum Gasteiger partial charge on any atom is 0.338 e. The number of carbonyl (C=O) groups is 4. The molecule has 0 saturated carbocycles. The molecule has 0 spiro atoms. The molecule has 0 fully saturated rings. The van der Waals surface area contributed by atoms with Crippen molar-refractivity contribution in [2.75, 3.05) is 10.2 Å². The van der Waals surface area contributed by atoms with Gasteiger partial charge < -0.3 is 14.8 Å². The van der Waals surface area contributed by atoms with E-state index in [9.17, 15) is 19.2 Å². The van der Waals surface area contributed by atoms with Gasteiger partial charge in [-0.3, -0.25) is 9.59 Å². The summed E-state index contributed by atoms with van der Waals surface area (Å²) in [5.41, 5.74) is 1.05. The normalized spacial score (nSPS) is 13.7. The lowest BCUT2D eigenvalue weighted by Gasteiger charge is -2.16. The van der Waals surface area contributed by atoms with E-state index in [-0.39, 0.29) is 34.2 Å². The molecular formula is C24H23ClN2O6. The van der Waals surface area contributed by atoms with Crippen LogP contribution in [0, 0.1) is 0 Å². The molecule has 0 radical (unpaired) electrons. The lowest BCUT2D eigenvalue weighted by atomic mass is 10.2. The number of imide groups is 1. The van der Waals surface area contributed by atoms with Crippen molar-refractivity contribution in [1.82, 2.24) is 0 Å². The van der Waals surface area contributed by atoms with E-state index in [1.54, 1.807) is 45.9 Å². The number of benzene rings is 2. The molecule has 0 atom stereocenters. The van der Waals surface area contributed by atoms with Crippen LogP contribution in [-0.4, -0.2) is 36.0 Å². The average molecular weight is 471 g/mol. The Morgan fingerprint density at radius 1 is 0.848 bits per heavy atom. The number of carbonyl (C=O) groups excluding carboxylic acids is 4. The molecular weight excluding hydrogens is 448 g/mol. The predicted molar refractivity (Wildman–Crippen MR) is 123 cm³/mol. The van der Waals surface area contributed by atoms with Crippen molar-refractivity contribution in [1.29, 1.82) is 0 Å². The van der Waals surface area contributed by atoms with Crippen LogP contribution in [0.4, 0.5) is 11.4 Å². The minimum atomic E-state index is -0.726. The average Bonchev–Trinajstić information content (AvgIpc) is 2.96. The maximum absolute atomic E-state index is 13.0. The molecule has 2 aromatic carbocycles. The van der Waals surface area contributed by atoms with E-state index >= 15 is 0 Å². The molecule has 1 N–H and O–H groups in total. The second-order valence-corrected chi connectivity index (χ2v) is 8.17. The van der Waals surface area contributed by atoms with Gasteiger partial charge >= 0.3 is 11.9 Å². The number of anilines is 2. The molecule has 1 heterocycles. The molecule has 0 aromatic heterocycles. The van der Waals surface area contributed by atoms with Gasteiger partial charge in [0.05, 0.1) is 29.0 Å². The van der Waals surface area contributed by atoms with Gasteiger partial charge in [0.2, 0.25) is 0 Å². The van der Waals surface area contributed by atoms with Gasteiger partial charge in [0.25, 0.3) is 11.8 Å². The topological polar surface area (TPSA) is 102 Å². The largest absolute Gasteiger partial charge is 0.459 e. The number of nitrogens with zero attached hydrogens (tertiary/aromatic N) is 1. The Balaban J connectivity index is 1.79. The molecule has 172 valence electrons. The Labute approximate surface area is 196 Å². The van der Waals surface area contributed by atoms with Crippen LogP contribution >= 0.6 is 11.6 Å². The fraction of sp³-hybridized carbons (Fsp3) is 0.250. The summed E-state index contributed by atoms with van der Waals surface area (Å²) in [6, 6.07) is 12.2. The second-order valence-electron chi connectivity index (χ2n) is 7.80. The highest BCUT2D eigenvalue weighted by atomic mass is 35.5. The monoisotopic (exact) mass is 470 g/mol. The van der Waals surface area contributed by atoms with Gasteiger partial charge in [-0.1, -0.05) is 17.7 Å². The summed E-state index contributed by atoms with van der Waals surface area (Å²) < 4.78 is 10.3. The highest BCUT2D eigenvalue weighted by Crippen LogP contribution is 2.30. The summed E-state index contributed by atoms with van der Waals surface area (Å²) in [5, 5.41) is 2.54. The van der Waals surface area contributed by atoms with Crippen LogP contribution in [0.15, 0.2) is 59.3 Å². The van der Waals surface area contributed by atoms with E-state index < -0.39 is 23.8 Å². The van der Waals surface area contributed by atoms with E-state index in [2.05, 4.69) is 5.32 Å². The first-order valence-corrected chi connectivity index (χ1v) is 10.6. The standard InChI is InChI=1S/C24H23ClN2O6/c1-13(2)32-23(30)15-8-10-17(11-9-15)26-20-19(25)21(28)27(22(20)29)18-7-5-6-16(12-18)24(31)33-14(3)4/h5-14,26H,1-4H3. The van der Waals surface area contributed by atoms with E-state index in [1.165, 1.54) is 30.3 Å². The predicted octanol–water partition coefficient (Wildman–Crippen LogP) is 4.25. The van der Waals surface area contributed by atoms with Gasteiger partial charge in [0.1, 0.15) is 10.7 Å². The third kappa shape index (κ3) is 5.40. The molecule has 0 unspecified atom stereocenters. The minimum Gasteiger partial charge on any atom is -0.459 e. The molecule has 0 saturated heterocycles. The Kier molecular flexibility index (Phi) is 7.18. The first-order chi connectivity index (χ1) is 15.6. The Morgan fingerprint density at radius 3 is 2.00 bits per heavy atom. The Hall–Kier alpha value is -3.65. The summed E-state index contributed by atoms with van der Waals surface area (Å²) >= 11 is 6.17. The van der Waals surface area contributed by atoms with Crippen LogP contribution in [0.1, 0.15) is 48.4 Å². The maximum atomic E-state index is 13.0. The SMILES string of the molecule is CC(C)OC(=O)c1ccc(NC2=C(Cl)C(=O)N(c3cccc(C(=O)OC(C)C)c3)C2=O)cc1. The summed E-state index contributed by atoms with van der Waals surface area (Å²) in [5.74, 6) is -2.44. The summed E-state index contributed by atoms with van der Waals surface area (Å²) in [7, 11) is 0. The molecule has 3 rings (SSSR count). The zero-order valence-corrected chi connectivity index (χ0v) is 19.3. The lowest BCUT2D eigenvalue weighted by Crippen LogP contribution is -2.32. The van der Waals surface area contributed by atoms with Gasteiger partial charge in [-0.05, 0) is 70.2 Å². The van der Waals surface area contributed by atoms with Crippen LogP contribution in [-0.2, 0) is 19.1 Å². The number of hydrogen-bond donors (Lipinski definition) is 1. The molecule has 2 aromatic rings. The number of hydrogen-bond acceptors (Lipinski definition) is 7. The van der Waals surface area contributed by atoms with Gasteiger partial charge in [0, 0.05) is 5.69 Å². The summed E-state index contributed by atoms with van der Waals surface area (Å²) in [6.07, 6.45) is -0.570. The van der Waals surface area contributed by atoms with Gasteiger partial charge in [0.15, 0.2) is 0 Å². The molecule has 0 bridgehead atoms. The number of rotatable bonds is 7. The number of halogens is 1. The van der Waals surface area contributed by atoms with Gasteiger partial charge in [-0.2, -0.15) is 0 Å². The molecule has 2 amide bonds. The van der Waals surface area contributed by atoms with Crippen molar-refractivity contribution in [2.45, 2.75) is 39.9 Å². The van der Waals surface area contributed by atoms with E-state index in [1.807, 2.05) is 0 Å². The fourth-order valence-electron chi connectivity index (χ4n) is 3.02. The quantitative estimate of drug-likeness (QED) is 0.476. The number of esters is 2. The Bertz CT molecular complexity index is 1140. The number of amides is 2. The van der Waals surface area contributed by atoms with Crippen molar-refractivity contribution in [3.63, 3.8) is 0 Å². The third-order valence-corrected chi connectivity index (χ3v) is 4.79. The molecule has 33 heavy (non-hydrogen) atoms. The van der Waals surface area contributed by atoms with Crippen molar-refractivity contribution in [2.24, 2.45) is 0 Å². The Morgan fingerprint density at radius 2 is 1.42 bits per heavy atom. The smallest absolute Gasteiger partial charge is 0.338 e. The van der Waals surface area contributed by atoms with Crippen molar-refractivity contribution >= 4 is 46.7 Å². The van der Waals surface area contributed by atoms with Crippen molar-refractivity contribution < 1.29 is 28.7 Å². The van der Waals surface area contributed by atoms with Crippen LogP contribution in [0.3, 0.4) is 0 Å². The first kappa shape index (κ1) is 24.0. The second kappa shape index (κ2) is 9.87. The summed E-state index contributed by atoms with van der Waals surface area (Å²) in [6.45, 7) is 6.94. The van der Waals surface area contributed by atoms with Crippen LogP contribution < -0.4 is 10.2 Å². The van der Waals surface area contributed by atoms with E-state index in [0.29, 0.717) is 11.3 Å². The fourth-order valence-corrected chi connectivity index (χ4v) is 3.23. The molecule has 8 nitrogen and oxygen atoms in total. The van der Waals surface area contributed by atoms with Crippen molar-refractivity contribution in [3.8, 4) is 0 Å². The number of nitrogens with one attached hydrogen (secondary N) is 1. The van der Waals surface area contributed by atoms with Crippen LogP contribution in [0.25, 0.3) is 0 Å². The van der Waals surface area contributed by atoms with E-state index in [4.69, 9.17) is 21.1 Å². The lowest BCUT2D eigenvalue weighted by molar-refractivity contribution is -0.120. The first-order valence-electron chi connectivity index (χ1n) is 10.3. The van der Waals surface area contributed by atoms with Crippen LogP contribution in [0.2, 0.25) is 0 Å². The molecule has 9 heteroatoms. The third-order valence-electron chi connectivity index (χ3n) is 4.44.